The number of benzene rings is 1. The number of nitrogens with two attached hydrogens (primary N) is 1. The molecule has 0 spiro atoms. The van der Waals surface area contributed by atoms with Gasteiger partial charge in [0.1, 0.15) is 11.8 Å². The molecule has 1 saturated carbocycles. The van der Waals surface area contributed by atoms with Crippen LogP contribution in [0.25, 0.3) is 16.8 Å². The van der Waals surface area contributed by atoms with Crippen molar-refractivity contribution in [3.63, 3.8) is 0 Å². The minimum absolute atomic E-state index is 0.332. The van der Waals surface area contributed by atoms with Crippen LogP contribution in [0, 0.1) is 11.3 Å². The molecule has 158 valence electrons. The molecule has 0 amide bonds. The number of pyridine rings is 1. The number of hydrogen-bond donors (Lipinski definition) is 2. The molecule has 4 aromatic rings. The van der Waals surface area contributed by atoms with Crippen molar-refractivity contribution in [1.82, 2.24) is 19.4 Å². The van der Waals surface area contributed by atoms with Gasteiger partial charge < -0.3 is 15.8 Å². The Kier molecular flexibility index (Phi) is 4.21. The molecule has 4 heterocycles. The normalized spacial score (nSPS) is 14.7. The highest BCUT2D eigenvalue weighted by atomic mass is 16.5. The van der Waals surface area contributed by atoms with Gasteiger partial charge in [-0.1, -0.05) is 6.07 Å². The minimum Gasteiger partial charge on any atom is -0.493 e. The quantitative estimate of drug-likeness (QED) is 0.471. The molecule has 8 nitrogen and oxygen atoms in total. The van der Waals surface area contributed by atoms with Crippen LogP contribution in [-0.2, 0) is 13.0 Å². The van der Waals surface area contributed by atoms with Crippen molar-refractivity contribution in [2.45, 2.75) is 31.7 Å². The van der Waals surface area contributed by atoms with Gasteiger partial charge in [0.15, 0.2) is 11.3 Å². The Morgan fingerprint density at radius 2 is 2.09 bits per heavy atom. The van der Waals surface area contributed by atoms with Crippen molar-refractivity contribution in [2.75, 3.05) is 17.7 Å². The van der Waals surface area contributed by atoms with Crippen LogP contribution in [0.1, 0.15) is 41.3 Å². The lowest BCUT2D eigenvalue weighted by molar-refractivity contribution is 0.357. The second kappa shape index (κ2) is 7.24. The maximum Gasteiger partial charge on any atom is 0.208 e. The number of hydrogen-bond acceptors (Lipinski definition) is 7. The summed E-state index contributed by atoms with van der Waals surface area (Å²) in [5.41, 5.74) is 13.0. The SMILES string of the molecule is N#Cc1cn2c(NCc3c(N)ccc4c3CCO4)ncc(-c3ccc(C4CC4)nc3)c2n1. The predicted octanol–water partition coefficient (Wildman–Crippen LogP) is 3.67. The van der Waals surface area contributed by atoms with Gasteiger partial charge in [0.2, 0.25) is 5.95 Å². The third kappa shape index (κ3) is 3.10. The molecule has 0 atom stereocenters. The molecule has 0 bridgehead atoms. The molecule has 3 aromatic heterocycles. The van der Waals surface area contributed by atoms with Crippen LogP contribution in [-0.4, -0.2) is 26.0 Å². The number of imidazole rings is 1. The van der Waals surface area contributed by atoms with Gasteiger partial charge >= 0.3 is 0 Å². The van der Waals surface area contributed by atoms with Crippen molar-refractivity contribution >= 4 is 17.3 Å². The third-order valence-electron chi connectivity index (χ3n) is 6.16. The first-order valence-electron chi connectivity index (χ1n) is 10.7. The Bertz CT molecular complexity index is 1380. The molecule has 1 aliphatic heterocycles. The van der Waals surface area contributed by atoms with Gasteiger partial charge in [-0.15, -0.1) is 0 Å². The van der Waals surface area contributed by atoms with E-state index in [1.54, 1.807) is 12.4 Å². The van der Waals surface area contributed by atoms with Crippen LogP contribution in [0.4, 0.5) is 11.6 Å². The van der Waals surface area contributed by atoms with Gasteiger partial charge in [-0.3, -0.25) is 9.38 Å². The number of nitriles is 1. The van der Waals surface area contributed by atoms with E-state index in [2.05, 4.69) is 38.5 Å². The summed E-state index contributed by atoms with van der Waals surface area (Å²) < 4.78 is 7.49. The molecule has 1 fully saturated rings. The van der Waals surface area contributed by atoms with Gasteiger partial charge in [0.25, 0.3) is 0 Å². The number of fused-ring (bicyclic) bond motifs is 2. The molecule has 1 aliphatic carbocycles. The Balaban J connectivity index is 1.36. The first-order chi connectivity index (χ1) is 15.7. The van der Waals surface area contributed by atoms with Crippen molar-refractivity contribution in [3.05, 3.63) is 65.4 Å². The second-order valence-electron chi connectivity index (χ2n) is 8.24. The van der Waals surface area contributed by atoms with Gasteiger partial charge in [0, 0.05) is 64.9 Å². The predicted molar refractivity (Wildman–Crippen MR) is 120 cm³/mol. The fraction of sp³-hybridized carbons (Fsp3) is 0.250. The number of nitrogens with zero attached hydrogens (tertiary/aromatic N) is 5. The van der Waals surface area contributed by atoms with E-state index in [9.17, 15) is 5.26 Å². The van der Waals surface area contributed by atoms with Crippen LogP contribution in [0.15, 0.2) is 42.9 Å². The van der Waals surface area contributed by atoms with Crippen LogP contribution in [0.3, 0.4) is 0 Å². The maximum absolute atomic E-state index is 9.44. The van der Waals surface area contributed by atoms with Crippen LogP contribution in [0.2, 0.25) is 0 Å². The van der Waals surface area contributed by atoms with E-state index in [4.69, 9.17) is 10.5 Å². The summed E-state index contributed by atoms with van der Waals surface area (Å²) in [6.07, 6.45) is 8.61. The molecule has 0 saturated heterocycles. The summed E-state index contributed by atoms with van der Waals surface area (Å²) in [5.74, 6) is 2.08. The van der Waals surface area contributed by atoms with E-state index in [-0.39, 0.29) is 0 Å². The average Bonchev–Trinajstić information content (AvgIpc) is 3.39. The fourth-order valence-corrected chi connectivity index (χ4v) is 4.29. The van der Waals surface area contributed by atoms with Crippen LogP contribution < -0.4 is 15.8 Å². The monoisotopic (exact) mass is 423 g/mol. The summed E-state index contributed by atoms with van der Waals surface area (Å²) >= 11 is 0. The molecule has 6 rings (SSSR count). The molecule has 1 aromatic carbocycles. The molecule has 0 radical (unpaired) electrons. The maximum atomic E-state index is 9.44. The largest absolute Gasteiger partial charge is 0.493 e. The van der Waals surface area contributed by atoms with Gasteiger partial charge in [-0.25, -0.2) is 9.97 Å². The van der Waals surface area contributed by atoms with E-state index in [1.807, 2.05) is 22.7 Å². The summed E-state index contributed by atoms with van der Waals surface area (Å²) in [4.78, 5) is 13.8. The van der Waals surface area contributed by atoms with E-state index in [0.717, 1.165) is 45.8 Å². The van der Waals surface area contributed by atoms with E-state index in [1.165, 1.54) is 12.8 Å². The van der Waals surface area contributed by atoms with Crippen molar-refractivity contribution < 1.29 is 4.74 Å². The standard InChI is InChI=1S/C24H21N7O/c25-9-16-13-31-23(30-16)18(15-3-5-21(27-10-15)14-1-2-14)11-28-24(31)29-12-19-17-7-8-32-22(17)6-4-20(19)26/h3-6,10-11,13-14H,1-2,7-8,12,26H2,(H,28,29). The number of anilines is 2. The summed E-state index contributed by atoms with van der Waals surface area (Å²) in [5, 5.41) is 12.8. The molecule has 3 N–H and O–H groups in total. The van der Waals surface area contributed by atoms with Gasteiger partial charge in [-0.2, -0.15) is 5.26 Å². The summed E-state index contributed by atoms with van der Waals surface area (Å²) in [7, 11) is 0. The smallest absolute Gasteiger partial charge is 0.208 e. The van der Waals surface area contributed by atoms with E-state index < -0.39 is 0 Å². The zero-order valence-corrected chi connectivity index (χ0v) is 17.4. The third-order valence-corrected chi connectivity index (χ3v) is 6.16. The van der Waals surface area contributed by atoms with Gasteiger partial charge in [-0.05, 0) is 31.0 Å². The first-order valence-corrected chi connectivity index (χ1v) is 10.7. The highest BCUT2D eigenvalue weighted by molar-refractivity contribution is 5.78. The van der Waals surface area contributed by atoms with E-state index >= 15 is 0 Å². The zero-order valence-electron chi connectivity index (χ0n) is 17.4. The molecule has 0 unspecified atom stereocenters. The Morgan fingerprint density at radius 3 is 2.88 bits per heavy atom. The van der Waals surface area contributed by atoms with Crippen molar-refractivity contribution in [3.8, 4) is 22.9 Å². The average molecular weight is 423 g/mol. The molecular weight excluding hydrogens is 402 g/mol. The zero-order chi connectivity index (χ0) is 21.7. The first kappa shape index (κ1) is 18.6. The van der Waals surface area contributed by atoms with E-state index in [0.29, 0.717) is 36.4 Å². The molecule has 32 heavy (non-hydrogen) atoms. The minimum atomic E-state index is 0.332. The Labute approximate surface area is 184 Å². The lowest BCUT2D eigenvalue weighted by atomic mass is 10.0. The fourth-order valence-electron chi connectivity index (χ4n) is 4.29. The molecular formula is C24H21N7O. The summed E-state index contributed by atoms with van der Waals surface area (Å²) in [6, 6.07) is 10.1. The number of rotatable bonds is 5. The lowest BCUT2D eigenvalue weighted by Gasteiger charge is -2.14. The van der Waals surface area contributed by atoms with Crippen molar-refractivity contribution in [1.29, 1.82) is 5.26 Å². The molecule has 2 aliphatic rings. The number of nitrogen functional groups attached to an aromatic ring is 1. The van der Waals surface area contributed by atoms with Crippen LogP contribution >= 0.6 is 0 Å². The highest BCUT2D eigenvalue weighted by Crippen LogP contribution is 2.39. The van der Waals surface area contributed by atoms with Crippen LogP contribution in [0.5, 0.6) is 5.75 Å². The lowest BCUT2D eigenvalue weighted by Crippen LogP contribution is -2.10. The van der Waals surface area contributed by atoms with Crippen molar-refractivity contribution in [2.24, 2.45) is 0 Å². The Morgan fingerprint density at radius 1 is 1.19 bits per heavy atom. The van der Waals surface area contributed by atoms with Gasteiger partial charge in [0.05, 0.1) is 12.8 Å². The molecule has 8 heteroatoms. The Hall–Kier alpha value is -4.12. The number of nitrogens with one attached hydrogen (secondary N) is 1. The second-order valence-corrected chi connectivity index (χ2v) is 8.24. The highest BCUT2D eigenvalue weighted by Gasteiger charge is 2.25. The topological polar surface area (TPSA) is 114 Å². The number of aromatic nitrogens is 4. The number of ether oxygens (including phenoxy) is 1. The summed E-state index contributed by atoms with van der Waals surface area (Å²) in [6.45, 7) is 1.17.